The lowest BCUT2D eigenvalue weighted by atomic mass is 9.65. The minimum atomic E-state index is -3.44. The van der Waals surface area contributed by atoms with Gasteiger partial charge in [-0.05, 0) is 38.5 Å². The van der Waals surface area contributed by atoms with E-state index in [4.69, 9.17) is 18.6 Å². The molecule has 8 nitrogen and oxygen atoms in total. The van der Waals surface area contributed by atoms with Gasteiger partial charge in [0.25, 0.3) is 23.9 Å². The van der Waals surface area contributed by atoms with Crippen LogP contribution in [0.1, 0.15) is 38.5 Å². The van der Waals surface area contributed by atoms with Crippen molar-refractivity contribution in [3.63, 3.8) is 0 Å². The lowest BCUT2D eigenvalue weighted by Crippen LogP contribution is -2.70. The largest absolute Gasteiger partial charge is 0.784 e. The smallest absolute Gasteiger partial charge is 0.584 e. The van der Waals surface area contributed by atoms with Crippen LogP contribution in [-0.2, 0) is 37.8 Å². The van der Waals surface area contributed by atoms with Gasteiger partial charge in [-0.25, -0.2) is 0 Å². The highest BCUT2D eigenvalue weighted by atomic mass is 16.9. The maximum atomic E-state index is 12.1. The van der Waals surface area contributed by atoms with Crippen LogP contribution in [0.4, 0.5) is 0 Å². The molecule has 0 unspecified atom stereocenters. The molecule has 0 aromatic carbocycles. The summed E-state index contributed by atoms with van der Waals surface area (Å²) >= 11 is 0. The third kappa shape index (κ3) is 1.36. The quantitative estimate of drug-likeness (QED) is 0.453. The van der Waals surface area contributed by atoms with Gasteiger partial charge < -0.3 is 18.6 Å². The van der Waals surface area contributed by atoms with Crippen molar-refractivity contribution in [3.8, 4) is 0 Å². The molecule has 0 atom stereocenters. The van der Waals surface area contributed by atoms with Crippen molar-refractivity contribution < 1.29 is 37.8 Å². The summed E-state index contributed by atoms with van der Waals surface area (Å²) in [5, 5.41) is 0. The van der Waals surface area contributed by atoms with E-state index in [9.17, 15) is 19.2 Å². The second-order valence-electron chi connectivity index (χ2n) is 6.07. The predicted molar refractivity (Wildman–Crippen MR) is 62.7 cm³/mol. The zero-order chi connectivity index (χ0) is 14.9. The summed E-state index contributed by atoms with van der Waals surface area (Å²) in [6, 6.07) is 0. The van der Waals surface area contributed by atoms with E-state index in [0.29, 0.717) is 38.5 Å². The second-order valence-corrected chi connectivity index (χ2v) is 6.07. The summed E-state index contributed by atoms with van der Waals surface area (Å²) in [4.78, 5) is 48.2. The van der Waals surface area contributed by atoms with Crippen LogP contribution in [-0.4, -0.2) is 30.8 Å². The van der Waals surface area contributed by atoms with E-state index in [1.54, 1.807) is 0 Å². The highest BCUT2D eigenvalue weighted by Gasteiger charge is 2.68. The summed E-state index contributed by atoms with van der Waals surface area (Å²) in [6.07, 6.45) is 2.69. The number of hydrogen-bond acceptors (Lipinski definition) is 8. The Kier molecular flexibility index (Phi) is 2.16. The number of hydrogen-bond donors (Lipinski definition) is 0. The first kappa shape index (κ1) is 12.7. The van der Waals surface area contributed by atoms with Crippen molar-refractivity contribution in [2.75, 3.05) is 0 Å². The van der Waals surface area contributed by atoms with Gasteiger partial charge in [-0.15, -0.1) is 0 Å². The maximum absolute atomic E-state index is 12.1. The molecule has 0 amide bonds. The molecule has 4 fully saturated rings. The summed E-state index contributed by atoms with van der Waals surface area (Å²) in [5.74, 6) is -3.41. The van der Waals surface area contributed by atoms with Crippen molar-refractivity contribution in [2.24, 2.45) is 10.8 Å². The predicted octanol–water partition coefficient (Wildman–Crippen LogP) is -0.0374. The van der Waals surface area contributed by atoms with Crippen molar-refractivity contribution >= 4 is 30.8 Å². The van der Waals surface area contributed by atoms with Crippen LogP contribution in [0.3, 0.4) is 0 Å². The van der Waals surface area contributed by atoms with Crippen LogP contribution in [0.2, 0.25) is 0 Å². The highest BCUT2D eigenvalue weighted by molar-refractivity contribution is 6.64. The average molecular weight is 295 g/mol. The summed E-state index contributed by atoms with van der Waals surface area (Å²) in [7, 11) is 0. The van der Waals surface area contributed by atoms with Crippen LogP contribution >= 0.6 is 0 Å². The fourth-order valence-electron chi connectivity index (χ4n) is 3.16. The topological polar surface area (TPSA) is 105 Å². The molecule has 0 aromatic rings. The molecule has 4 aliphatic rings. The van der Waals surface area contributed by atoms with E-state index in [0.717, 1.165) is 0 Å². The molecule has 2 aliphatic heterocycles. The zero-order valence-corrected chi connectivity index (χ0v) is 11.1. The van der Waals surface area contributed by atoms with Gasteiger partial charge in [-0.3, -0.25) is 19.2 Å². The van der Waals surface area contributed by atoms with Gasteiger partial charge in [0, 0.05) is 0 Å². The van der Waals surface area contributed by atoms with Crippen molar-refractivity contribution in [1.29, 1.82) is 0 Å². The number of carbonyl (C=O) groups is 4. The van der Waals surface area contributed by atoms with Crippen LogP contribution < -0.4 is 0 Å². The molecule has 2 saturated carbocycles. The lowest BCUT2D eigenvalue weighted by Gasteiger charge is -2.54. The molecule has 9 heteroatoms. The average Bonchev–Trinajstić information content (AvgIpc) is 2.21. The molecule has 0 bridgehead atoms. The van der Waals surface area contributed by atoms with Crippen LogP contribution in [0, 0.1) is 10.8 Å². The van der Waals surface area contributed by atoms with E-state index in [-0.39, 0.29) is 0 Å². The highest BCUT2D eigenvalue weighted by Crippen LogP contribution is 2.51. The Hall–Kier alpha value is -2.06. The van der Waals surface area contributed by atoms with Crippen molar-refractivity contribution in [1.82, 2.24) is 0 Å². The Balaban J connectivity index is 1.62. The first-order valence-electron chi connectivity index (χ1n) is 6.99. The lowest BCUT2D eigenvalue weighted by molar-refractivity contribution is -0.206. The molecule has 2 saturated heterocycles. The van der Waals surface area contributed by atoms with Crippen LogP contribution in [0.5, 0.6) is 0 Å². The molecule has 4 rings (SSSR count). The molecule has 2 heterocycles. The van der Waals surface area contributed by atoms with E-state index in [2.05, 4.69) is 0 Å². The number of rotatable bonds is 0. The van der Waals surface area contributed by atoms with Gasteiger partial charge in [0.1, 0.15) is 0 Å². The minimum Gasteiger partial charge on any atom is -0.584 e. The molecule has 0 radical (unpaired) electrons. The molecular weight excluding hydrogens is 283 g/mol. The van der Waals surface area contributed by atoms with E-state index < -0.39 is 41.7 Å². The Bertz CT molecular complexity index is 493. The van der Waals surface area contributed by atoms with Gasteiger partial charge in [-0.1, -0.05) is 0 Å². The Morgan fingerprint density at radius 1 is 0.619 bits per heavy atom. The minimum absolute atomic E-state index is 0.322. The summed E-state index contributed by atoms with van der Waals surface area (Å²) < 4.78 is 19.8. The monoisotopic (exact) mass is 295 g/mol. The Labute approximate surface area is 119 Å². The maximum Gasteiger partial charge on any atom is 0.784 e. The van der Waals surface area contributed by atoms with Gasteiger partial charge in [-0.2, -0.15) is 0 Å². The molecule has 0 aromatic heterocycles. The molecule has 2 aliphatic carbocycles. The second kappa shape index (κ2) is 3.58. The van der Waals surface area contributed by atoms with E-state index in [1.807, 2.05) is 0 Å². The molecular formula is C12H12BO8-. The molecule has 112 valence electrons. The molecule has 0 N–H and O–H groups in total. The third-order valence-electron chi connectivity index (χ3n) is 4.98. The van der Waals surface area contributed by atoms with Gasteiger partial charge >= 0.3 is 6.96 Å². The zero-order valence-electron chi connectivity index (χ0n) is 11.1. The SMILES string of the molecule is O=C1O[B-]2(OC(=O)C13CCC3)OC(=O)C1(CCC1)C(=O)O2. The molecule has 21 heavy (non-hydrogen) atoms. The van der Waals surface area contributed by atoms with E-state index >= 15 is 0 Å². The fraction of sp³-hybridized carbons (Fsp3) is 0.667. The Morgan fingerprint density at radius 2 is 0.905 bits per heavy atom. The standard InChI is InChI=1S/C12H12BO8/c14-7-11(3-1-4-11)8(15)19-13(18-7)20-9(16)12(5-2-6-12)10(17)21-13/h1-6H2/q-1. The summed E-state index contributed by atoms with van der Waals surface area (Å²) in [6.45, 7) is -3.44. The normalized spacial score (nSPS) is 30.9. The van der Waals surface area contributed by atoms with E-state index in [1.165, 1.54) is 0 Å². The first-order chi connectivity index (χ1) is 9.93. The number of carbonyl (C=O) groups excluding carboxylic acids is 4. The Morgan fingerprint density at radius 3 is 1.10 bits per heavy atom. The van der Waals surface area contributed by atoms with Gasteiger partial charge in [0.15, 0.2) is 10.8 Å². The first-order valence-corrected chi connectivity index (χ1v) is 6.99. The summed E-state index contributed by atoms with van der Waals surface area (Å²) in [5.41, 5.74) is -2.64. The van der Waals surface area contributed by atoms with Crippen LogP contribution in [0.15, 0.2) is 0 Å². The molecule has 3 spiro atoms. The van der Waals surface area contributed by atoms with Crippen molar-refractivity contribution in [3.05, 3.63) is 0 Å². The van der Waals surface area contributed by atoms with Gasteiger partial charge in [0.05, 0.1) is 0 Å². The van der Waals surface area contributed by atoms with Crippen molar-refractivity contribution in [2.45, 2.75) is 38.5 Å². The third-order valence-corrected chi connectivity index (χ3v) is 4.98. The van der Waals surface area contributed by atoms with Crippen LogP contribution in [0.25, 0.3) is 0 Å². The van der Waals surface area contributed by atoms with Gasteiger partial charge in [0.2, 0.25) is 0 Å². The fourth-order valence-corrected chi connectivity index (χ4v) is 3.16.